The molecule has 29 heavy (non-hydrogen) atoms. The Bertz CT molecular complexity index is 1120. The molecule has 1 fully saturated rings. The molecule has 0 spiro atoms. The summed E-state index contributed by atoms with van der Waals surface area (Å²) in [6, 6.07) is 11.0. The minimum atomic E-state index is -3.85. The molecule has 0 radical (unpaired) electrons. The van der Waals surface area contributed by atoms with Gasteiger partial charge in [0.15, 0.2) is 9.84 Å². The van der Waals surface area contributed by atoms with E-state index in [-0.39, 0.29) is 27.0 Å². The summed E-state index contributed by atoms with van der Waals surface area (Å²) in [5.41, 5.74) is 0.127. The number of hydrogen-bond donors (Lipinski definition) is 1. The number of sulfone groups is 1. The smallest absolute Gasteiger partial charge is 0.243 e. The van der Waals surface area contributed by atoms with E-state index in [1.807, 2.05) is 0 Å². The second kappa shape index (κ2) is 8.43. The summed E-state index contributed by atoms with van der Waals surface area (Å²) >= 11 is 6.11. The molecule has 2 aromatic carbocycles. The lowest BCUT2D eigenvalue weighted by Gasteiger charge is -2.33. The quantitative estimate of drug-likeness (QED) is 0.745. The maximum absolute atomic E-state index is 13.0. The molecule has 1 saturated heterocycles. The molecule has 0 bridgehead atoms. The van der Waals surface area contributed by atoms with Crippen LogP contribution in [0, 0.1) is 0 Å². The van der Waals surface area contributed by atoms with Crippen LogP contribution in [0.2, 0.25) is 5.02 Å². The Morgan fingerprint density at radius 3 is 2.38 bits per heavy atom. The van der Waals surface area contributed by atoms with Crippen molar-refractivity contribution in [2.45, 2.75) is 35.1 Å². The number of hydrogen-bond acceptors (Lipinski definition) is 5. The molecule has 7 nitrogen and oxygen atoms in total. The minimum Gasteiger partial charge on any atom is -0.323 e. The van der Waals surface area contributed by atoms with Gasteiger partial charge in [0.05, 0.1) is 20.5 Å². The summed E-state index contributed by atoms with van der Waals surface area (Å²) < 4.78 is 50.9. The zero-order valence-electron chi connectivity index (χ0n) is 15.7. The van der Waals surface area contributed by atoms with E-state index in [4.69, 9.17) is 11.6 Å². The van der Waals surface area contributed by atoms with Crippen molar-refractivity contribution in [1.29, 1.82) is 0 Å². The Labute approximate surface area is 175 Å². The van der Waals surface area contributed by atoms with Gasteiger partial charge < -0.3 is 5.32 Å². The molecule has 0 unspecified atom stereocenters. The van der Waals surface area contributed by atoms with E-state index in [0.29, 0.717) is 19.3 Å². The van der Waals surface area contributed by atoms with Gasteiger partial charge in [0, 0.05) is 12.8 Å². The van der Waals surface area contributed by atoms with Crippen LogP contribution in [0.5, 0.6) is 0 Å². The third-order valence-electron chi connectivity index (χ3n) is 4.73. The molecule has 0 aliphatic carbocycles. The first-order chi connectivity index (χ1) is 13.6. The van der Waals surface area contributed by atoms with Crippen LogP contribution in [-0.2, 0) is 24.7 Å². The highest BCUT2D eigenvalue weighted by Crippen LogP contribution is 2.29. The van der Waals surface area contributed by atoms with E-state index in [0.717, 1.165) is 6.26 Å². The molecule has 1 heterocycles. The number of sulfonamides is 1. The molecule has 156 valence electrons. The minimum absolute atomic E-state index is 0.00890. The second-order valence-corrected chi connectivity index (χ2v) is 11.2. The Kier molecular flexibility index (Phi) is 6.33. The molecule has 0 aromatic heterocycles. The number of nitrogens with zero attached hydrogens (tertiary/aromatic N) is 1. The zero-order valence-corrected chi connectivity index (χ0v) is 18.1. The topological polar surface area (TPSA) is 101 Å². The van der Waals surface area contributed by atoms with Gasteiger partial charge in [-0.05, 0) is 43.2 Å². The van der Waals surface area contributed by atoms with Crippen molar-refractivity contribution in [3.8, 4) is 0 Å². The van der Waals surface area contributed by atoms with Crippen LogP contribution in [0.25, 0.3) is 0 Å². The van der Waals surface area contributed by atoms with Gasteiger partial charge in [-0.15, -0.1) is 0 Å². The largest absolute Gasteiger partial charge is 0.323 e. The number of halogens is 1. The molecule has 0 saturated carbocycles. The normalized spacial score (nSPS) is 18.3. The van der Waals surface area contributed by atoms with Gasteiger partial charge in [-0.25, -0.2) is 16.8 Å². The van der Waals surface area contributed by atoms with Gasteiger partial charge in [-0.2, -0.15) is 4.31 Å². The summed E-state index contributed by atoms with van der Waals surface area (Å²) in [6.07, 6.45) is 2.77. The molecular formula is C19H21ClN2O5S2. The lowest BCUT2D eigenvalue weighted by Crippen LogP contribution is -2.49. The van der Waals surface area contributed by atoms with Gasteiger partial charge in [0.25, 0.3) is 0 Å². The zero-order chi connectivity index (χ0) is 21.2. The van der Waals surface area contributed by atoms with E-state index < -0.39 is 31.8 Å². The number of amides is 1. The molecule has 10 heteroatoms. The number of carbonyl (C=O) groups excluding carboxylic acids is 1. The Morgan fingerprint density at radius 1 is 1.03 bits per heavy atom. The maximum atomic E-state index is 13.0. The van der Waals surface area contributed by atoms with Crippen molar-refractivity contribution in [3.05, 3.63) is 53.6 Å². The molecule has 3 rings (SSSR count). The van der Waals surface area contributed by atoms with Crippen molar-refractivity contribution in [2.24, 2.45) is 0 Å². The summed E-state index contributed by atoms with van der Waals surface area (Å²) in [5.74, 6) is -0.545. The van der Waals surface area contributed by atoms with Crippen LogP contribution in [0.3, 0.4) is 0 Å². The molecule has 2 aromatic rings. The van der Waals surface area contributed by atoms with E-state index >= 15 is 0 Å². The fourth-order valence-corrected chi connectivity index (χ4v) is 5.72. The van der Waals surface area contributed by atoms with Gasteiger partial charge in [-0.1, -0.05) is 36.2 Å². The van der Waals surface area contributed by atoms with Crippen LogP contribution >= 0.6 is 11.6 Å². The fraction of sp³-hybridized carbons (Fsp3) is 0.316. The van der Waals surface area contributed by atoms with Gasteiger partial charge in [-0.3, -0.25) is 4.79 Å². The second-order valence-electron chi connectivity index (χ2n) is 6.84. The average molecular weight is 457 g/mol. The molecule has 1 amide bonds. The van der Waals surface area contributed by atoms with Crippen LogP contribution in [0.15, 0.2) is 58.3 Å². The monoisotopic (exact) mass is 456 g/mol. The van der Waals surface area contributed by atoms with Gasteiger partial charge in [0.2, 0.25) is 15.9 Å². The van der Waals surface area contributed by atoms with Gasteiger partial charge in [0.1, 0.15) is 6.04 Å². The summed E-state index contributed by atoms with van der Waals surface area (Å²) in [6.45, 7) is 0.229. The fourth-order valence-electron chi connectivity index (χ4n) is 3.23. The first-order valence-electron chi connectivity index (χ1n) is 8.98. The van der Waals surface area contributed by atoms with Crippen LogP contribution in [0.1, 0.15) is 19.3 Å². The summed E-state index contributed by atoms with van der Waals surface area (Å²) in [7, 11) is -7.34. The van der Waals surface area contributed by atoms with Crippen molar-refractivity contribution in [2.75, 3.05) is 18.1 Å². The van der Waals surface area contributed by atoms with Gasteiger partial charge >= 0.3 is 0 Å². The molecule has 1 aliphatic rings. The summed E-state index contributed by atoms with van der Waals surface area (Å²) in [4.78, 5) is 13.1. The van der Waals surface area contributed by atoms with E-state index in [2.05, 4.69) is 5.32 Å². The predicted molar refractivity (Wildman–Crippen MR) is 111 cm³/mol. The van der Waals surface area contributed by atoms with E-state index in [1.54, 1.807) is 18.2 Å². The Hall–Kier alpha value is -1.94. The van der Waals surface area contributed by atoms with E-state index in [9.17, 15) is 21.6 Å². The highest BCUT2D eigenvalue weighted by Gasteiger charge is 2.37. The number of rotatable bonds is 5. The van der Waals surface area contributed by atoms with Crippen molar-refractivity contribution in [3.63, 3.8) is 0 Å². The van der Waals surface area contributed by atoms with E-state index in [1.165, 1.54) is 34.6 Å². The molecule has 1 atom stereocenters. The average Bonchev–Trinajstić information content (AvgIpc) is 2.69. The number of benzene rings is 2. The molecule has 1 N–H and O–H groups in total. The van der Waals surface area contributed by atoms with Crippen molar-refractivity contribution < 1.29 is 21.6 Å². The van der Waals surface area contributed by atoms with Crippen molar-refractivity contribution >= 4 is 43.1 Å². The lowest BCUT2D eigenvalue weighted by molar-refractivity contribution is -0.120. The summed E-state index contributed by atoms with van der Waals surface area (Å²) in [5, 5.41) is 2.77. The molecular weight excluding hydrogens is 436 g/mol. The van der Waals surface area contributed by atoms with Crippen LogP contribution in [-0.4, -0.2) is 45.9 Å². The van der Waals surface area contributed by atoms with Crippen LogP contribution < -0.4 is 5.32 Å². The Morgan fingerprint density at radius 2 is 1.72 bits per heavy atom. The van der Waals surface area contributed by atoms with Crippen molar-refractivity contribution in [1.82, 2.24) is 4.31 Å². The predicted octanol–water partition coefficient (Wildman–Crippen LogP) is 2.93. The number of anilines is 1. The molecule has 1 aliphatic heterocycles. The number of carbonyl (C=O) groups is 1. The number of nitrogens with one attached hydrogen (secondary N) is 1. The first kappa shape index (κ1) is 21.8. The highest BCUT2D eigenvalue weighted by molar-refractivity contribution is 7.90. The highest BCUT2D eigenvalue weighted by atomic mass is 35.5. The number of piperidine rings is 1. The SMILES string of the molecule is CS(=O)(=O)c1ccc(Cl)c(NC(=O)[C@@H]2CCCCN2S(=O)(=O)c2ccccc2)c1. The Balaban J connectivity index is 1.90. The third kappa shape index (κ3) is 4.80. The lowest BCUT2D eigenvalue weighted by atomic mass is 10.0. The third-order valence-corrected chi connectivity index (χ3v) is 8.09. The standard InChI is InChI=1S/C19H21ClN2O5S2/c1-28(24,25)15-10-11-16(20)17(13-15)21-19(23)18-9-5-6-12-22(18)29(26,27)14-7-3-2-4-8-14/h2-4,7-8,10-11,13,18H,5-6,9,12H2,1H3,(H,21,23)/t18-/m0/s1. The maximum Gasteiger partial charge on any atom is 0.243 e. The first-order valence-corrected chi connectivity index (χ1v) is 12.7. The van der Waals surface area contributed by atoms with Crippen LogP contribution in [0.4, 0.5) is 5.69 Å².